The third kappa shape index (κ3) is 3.77. The summed E-state index contributed by atoms with van der Waals surface area (Å²) in [5, 5.41) is 3.53. The van der Waals surface area contributed by atoms with Gasteiger partial charge in [-0.05, 0) is 38.3 Å². The molecule has 88 valence electrons. The molecule has 1 aromatic rings. The summed E-state index contributed by atoms with van der Waals surface area (Å²) in [7, 11) is 0. The summed E-state index contributed by atoms with van der Waals surface area (Å²) in [6.45, 7) is 1.88. The van der Waals surface area contributed by atoms with Crippen molar-refractivity contribution >= 4 is 0 Å². The lowest BCUT2D eigenvalue weighted by atomic mass is 10.0. The molecule has 1 aromatic heterocycles. The molecule has 2 rings (SSSR count). The highest BCUT2D eigenvalue weighted by Crippen LogP contribution is 2.11. The molecule has 0 bridgehead atoms. The summed E-state index contributed by atoms with van der Waals surface area (Å²) < 4.78 is 5.45. The first-order valence-electron chi connectivity index (χ1n) is 6.08. The van der Waals surface area contributed by atoms with Crippen molar-refractivity contribution in [2.75, 3.05) is 13.2 Å². The van der Waals surface area contributed by atoms with E-state index >= 15 is 0 Å². The molecule has 2 heterocycles. The van der Waals surface area contributed by atoms with Crippen molar-refractivity contribution in [2.45, 2.75) is 38.1 Å². The summed E-state index contributed by atoms with van der Waals surface area (Å²) in [6, 6.07) is 2.96. The van der Waals surface area contributed by atoms with E-state index in [0.29, 0.717) is 18.7 Å². The van der Waals surface area contributed by atoms with E-state index in [4.69, 9.17) is 4.74 Å². The van der Waals surface area contributed by atoms with Crippen LogP contribution in [0.3, 0.4) is 0 Å². The van der Waals surface area contributed by atoms with E-state index in [1.807, 2.05) is 0 Å². The van der Waals surface area contributed by atoms with E-state index in [1.54, 1.807) is 18.5 Å². The number of hydrogen-bond donors (Lipinski definition) is 1. The Labute approximate surface area is 96.4 Å². The lowest BCUT2D eigenvalue weighted by Gasteiger charge is -2.23. The lowest BCUT2D eigenvalue weighted by Crippen LogP contribution is -2.34. The highest BCUT2D eigenvalue weighted by atomic mass is 16.5. The maximum absolute atomic E-state index is 5.45. The summed E-state index contributed by atoms with van der Waals surface area (Å²) >= 11 is 0. The van der Waals surface area contributed by atoms with Crippen LogP contribution in [0.5, 0.6) is 6.01 Å². The van der Waals surface area contributed by atoms with Crippen LogP contribution in [-0.4, -0.2) is 29.2 Å². The Morgan fingerprint density at radius 1 is 1.31 bits per heavy atom. The Morgan fingerprint density at radius 3 is 2.94 bits per heavy atom. The minimum atomic E-state index is 0.485. The molecule has 0 unspecified atom stereocenters. The Bertz CT molecular complexity index is 286. The van der Waals surface area contributed by atoms with E-state index in [-0.39, 0.29) is 0 Å². The van der Waals surface area contributed by atoms with Crippen LogP contribution in [0.4, 0.5) is 0 Å². The van der Waals surface area contributed by atoms with Gasteiger partial charge in [-0.2, -0.15) is 0 Å². The van der Waals surface area contributed by atoms with Crippen molar-refractivity contribution in [2.24, 2.45) is 0 Å². The summed E-state index contributed by atoms with van der Waals surface area (Å²) in [6.07, 6.45) is 9.64. The number of ether oxygens (including phenoxy) is 1. The fourth-order valence-corrected chi connectivity index (χ4v) is 2.02. The Kier molecular flexibility index (Phi) is 4.55. The van der Waals surface area contributed by atoms with E-state index in [1.165, 1.54) is 32.2 Å². The maximum Gasteiger partial charge on any atom is 0.316 e. The first-order chi connectivity index (χ1) is 7.95. The van der Waals surface area contributed by atoms with Gasteiger partial charge in [0.25, 0.3) is 0 Å². The zero-order valence-electron chi connectivity index (χ0n) is 9.56. The van der Waals surface area contributed by atoms with Crippen LogP contribution in [-0.2, 0) is 0 Å². The van der Waals surface area contributed by atoms with Crippen LogP contribution >= 0.6 is 0 Å². The van der Waals surface area contributed by atoms with Crippen LogP contribution in [0.25, 0.3) is 0 Å². The number of aromatic nitrogens is 2. The van der Waals surface area contributed by atoms with Gasteiger partial charge >= 0.3 is 6.01 Å². The highest BCUT2D eigenvalue weighted by Gasteiger charge is 2.11. The van der Waals surface area contributed by atoms with E-state index in [9.17, 15) is 0 Å². The third-order valence-electron chi connectivity index (χ3n) is 2.88. The molecule has 4 heteroatoms. The quantitative estimate of drug-likeness (QED) is 0.770. The van der Waals surface area contributed by atoms with Crippen LogP contribution in [0.2, 0.25) is 0 Å². The molecule has 16 heavy (non-hydrogen) atoms. The molecule has 0 saturated carbocycles. The Hall–Kier alpha value is -1.16. The first kappa shape index (κ1) is 11.3. The molecular weight excluding hydrogens is 202 g/mol. The minimum Gasteiger partial charge on any atom is -0.463 e. The number of rotatable bonds is 5. The van der Waals surface area contributed by atoms with E-state index in [0.717, 1.165) is 6.42 Å². The monoisotopic (exact) mass is 221 g/mol. The van der Waals surface area contributed by atoms with Crippen molar-refractivity contribution < 1.29 is 4.74 Å². The number of hydrogen-bond acceptors (Lipinski definition) is 4. The molecule has 0 spiro atoms. The molecule has 1 atom stereocenters. The third-order valence-corrected chi connectivity index (χ3v) is 2.88. The van der Waals surface area contributed by atoms with Crippen molar-refractivity contribution in [1.82, 2.24) is 15.3 Å². The van der Waals surface area contributed by atoms with Gasteiger partial charge in [-0.1, -0.05) is 6.42 Å². The molecule has 1 saturated heterocycles. The average molecular weight is 221 g/mol. The summed E-state index contributed by atoms with van der Waals surface area (Å²) in [5.74, 6) is 0. The molecule has 1 aliphatic rings. The predicted molar refractivity (Wildman–Crippen MR) is 62.4 cm³/mol. The zero-order chi connectivity index (χ0) is 11.1. The van der Waals surface area contributed by atoms with Crippen molar-refractivity contribution in [3.8, 4) is 6.01 Å². The summed E-state index contributed by atoms with van der Waals surface area (Å²) in [4.78, 5) is 8.03. The largest absolute Gasteiger partial charge is 0.463 e. The van der Waals surface area contributed by atoms with Gasteiger partial charge in [0.2, 0.25) is 0 Å². The second-order valence-corrected chi connectivity index (χ2v) is 4.17. The predicted octanol–water partition coefficient (Wildman–Crippen LogP) is 1.78. The lowest BCUT2D eigenvalue weighted by molar-refractivity contribution is 0.267. The van der Waals surface area contributed by atoms with Crippen LogP contribution in [0.15, 0.2) is 18.5 Å². The number of nitrogens with zero attached hydrogens (tertiary/aromatic N) is 2. The Morgan fingerprint density at radius 2 is 2.19 bits per heavy atom. The smallest absolute Gasteiger partial charge is 0.316 e. The minimum absolute atomic E-state index is 0.485. The fraction of sp³-hybridized carbons (Fsp3) is 0.667. The highest BCUT2D eigenvalue weighted by molar-refractivity contribution is 4.92. The SMILES string of the molecule is c1cnc(OCCC[C@H]2CCCCN2)nc1. The zero-order valence-corrected chi connectivity index (χ0v) is 9.56. The maximum atomic E-state index is 5.45. The normalized spacial score (nSPS) is 20.6. The Balaban J connectivity index is 1.58. The topological polar surface area (TPSA) is 47.0 Å². The van der Waals surface area contributed by atoms with Crippen LogP contribution in [0.1, 0.15) is 32.1 Å². The second kappa shape index (κ2) is 6.43. The molecule has 1 fully saturated rings. The molecule has 4 nitrogen and oxygen atoms in total. The fourth-order valence-electron chi connectivity index (χ4n) is 2.02. The van der Waals surface area contributed by atoms with Crippen molar-refractivity contribution in [3.63, 3.8) is 0 Å². The van der Waals surface area contributed by atoms with Gasteiger partial charge in [0.1, 0.15) is 0 Å². The van der Waals surface area contributed by atoms with Gasteiger partial charge in [0.05, 0.1) is 6.61 Å². The van der Waals surface area contributed by atoms with Gasteiger partial charge in [0.15, 0.2) is 0 Å². The molecule has 1 aliphatic heterocycles. The van der Waals surface area contributed by atoms with E-state index < -0.39 is 0 Å². The molecule has 0 amide bonds. The van der Waals surface area contributed by atoms with Gasteiger partial charge in [-0.15, -0.1) is 0 Å². The first-order valence-corrected chi connectivity index (χ1v) is 6.08. The number of nitrogens with one attached hydrogen (secondary N) is 1. The molecule has 0 aliphatic carbocycles. The van der Waals surface area contributed by atoms with E-state index in [2.05, 4.69) is 15.3 Å². The summed E-state index contributed by atoms with van der Waals surface area (Å²) in [5.41, 5.74) is 0. The van der Waals surface area contributed by atoms with Gasteiger partial charge < -0.3 is 10.1 Å². The second-order valence-electron chi connectivity index (χ2n) is 4.17. The van der Waals surface area contributed by atoms with Gasteiger partial charge in [0, 0.05) is 18.4 Å². The molecule has 1 N–H and O–H groups in total. The van der Waals surface area contributed by atoms with Gasteiger partial charge in [-0.25, -0.2) is 9.97 Å². The average Bonchev–Trinajstić information content (AvgIpc) is 2.37. The molecular formula is C12H19N3O. The molecule has 0 aromatic carbocycles. The van der Waals surface area contributed by atoms with Crippen molar-refractivity contribution in [1.29, 1.82) is 0 Å². The van der Waals surface area contributed by atoms with Crippen LogP contribution in [0, 0.1) is 0 Å². The standard InChI is InChI=1S/C12H19N3O/c1-2-7-13-11(5-1)6-3-10-16-12-14-8-4-9-15-12/h4,8-9,11,13H,1-3,5-7,10H2/t11-/m1/s1. The van der Waals surface area contributed by atoms with Crippen molar-refractivity contribution in [3.05, 3.63) is 18.5 Å². The number of piperidine rings is 1. The molecule has 0 radical (unpaired) electrons. The van der Waals surface area contributed by atoms with Crippen LogP contribution < -0.4 is 10.1 Å². The van der Waals surface area contributed by atoms with Gasteiger partial charge in [-0.3, -0.25) is 0 Å².